The fraction of sp³-hybridized carbons (Fsp3) is 0.303. The lowest BCUT2D eigenvalue weighted by Crippen LogP contribution is -2.31. The second-order valence-corrected chi connectivity index (χ2v) is 11.3. The highest BCUT2D eigenvalue weighted by atomic mass is 15.4. The second-order valence-electron chi connectivity index (χ2n) is 11.3. The van der Waals surface area contributed by atoms with Crippen LogP contribution in [0.15, 0.2) is 97.2 Å². The molecule has 0 N–H and O–H groups in total. The lowest BCUT2D eigenvalue weighted by Gasteiger charge is -2.24. The van der Waals surface area contributed by atoms with Gasteiger partial charge >= 0.3 is 0 Å². The number of anilines is 6. The number of hydrogen-bond donors (Lipinski definition) is 0. The Bertz CT molecular complexity index is 1380. The SMILES string of the molecule is CC(C)(C)c1ccc(N2CN(CCCCN3CN(c4ccccc4)c4ncccc43)c3ccccc32)cc1. The van der Waals surface area contributed by atoms with E-state index in [2.05, 4.69) is 125 Å². The van der Waals surface area contributed by atoms with E-state index in [0.717, 1.165) is 45.1 Å². The van der Waals surface area contributed by atoms with E-state index >= 15 is 0 Å². The number of nitrogens with zero attached hydrogens (tertiary/aromatic N) is 5. The molecule has 4 aromatic rings. The largest absolute Gasteiger partial charge is 0.352 e. The van der Waals surface area contributed by atoms with Gasteiger partial charge < -0.3 is 19.6 Å². The molecule has 1 aromatic heterocycles. The molecule has 0 aliphatic carbocycles. The molecule has 194 valence electrons. The summed E-state index contributed by atoms with van der Waals surface area (Å²) in [5.41, 5.74) is 7.85. The quantitative estimate of drug-likeness (QED) is 0.241. The van der Waals surface area contributed by atoms with E-state index in [4.69, 9.17) is 4.98 Å². The van der Waals surface area contributed by atoms with Crippen LogP contribution in [-0.2, 0) is 5.41 Å². The van der Waals surface area contributed by atoms with Crippen LogP contribution in [0, 0.1) is 0 Å². The van der Waals surface area contributed by atoms with Crippen LogP contribution in [0.25, 0.3) is 0 Å². The molecule has 3 heterocycles. The summed E-state index contributed by atoms with van der Waals surface area (Å²) in [4.78, 5) is 14.5. The minimum Gasteiger partial charge on any atom is -0.352 e. The van der Waals surface area contributed by atoms with Crippen molar-refractivity contribution in [2.45, 2.75) is 39.0 Å². The zero-order valence-electron chi connectivity index (χ0n) is 22.7. The maximum Gasteiger partial charge on any atom is 0.158 e. The summed E-state index contributed by atoms with van der Waals surface area (Å²) >= 11 is 0. The van der Waals surface area contributed by atoms with E-state index in [9.17, 15) is 0 Å². The first-order valence-corrected chi connectivity index (χ1v) is 13.7. The van der Waals surface area contributed by atoms with Gasteiger partial charge in [-0.15, -0.1) is 0 Å². The van der Waals surface area contributed by atoms with Crippen molar-refractivity contribution in [1.29, 1.82) is 0 Å². The molecule has 0 atom stereocenters. The van der Waals surface area contributed by atoms with Crippen molar-refractivity contribution in [2.75, 3.05) is 46.0 Å². The Morgan fingerprint density at radius 1 is 0.605 bits per heavy atom. The van der Waals surface area contributed by atoms with Gasteiger partial charge in [-0.1, -0.05) is 63.2 Å². The van der Waals surface area contributed by atoms with Crippen molar-refractivity contribution in [3.8, 4) is 0 Å². The third-order valence-corrected chi connectivity index (χ3v) is 7.72. The average molecular weight is 504 g/mol. The molecule has 0 unspecified atom stereocenters. The highest BCUT2D eigenvalue weighted by Crippen LogP contribution is 2.41. The molecular weight excluding hydrogens is 466 g/mol. The first-order chi connectivity index (χ1) is 18.5. The van der Waals surface area contributed by atoms with Crippen molar-refractivity contribution >= 4 is 34.3 Å². The Morgan fingerprint density at radius 2 is 1.18 bits per heavy atom. The highest BCUT2D eigenvalue weighted by Gasteiger charge is 2.29. The van der Waals surface area contributed by atoms with E-state index in [-0.39, 0.29) is 5.41 Å². The minimum atomic E-state index is 0.164. The van der Waals surface area contributed by atoms with E-state index in [0.29, 0.717) is 0 Å². The molecule has 3 aromatic carbocycles. The van der Waals surface area contributed by atoms with Crippen molar-refractivity contribution in [3.63, 3.8) is 0 Å². The minimum absolute atomic E-state index is 0.164. The predicted octanol–water partition coefficient (Wildman–Crippen LogP) is 7.69. The molecule has 0 amide bonds. The van der Waals surface area contributed by atoms with E-state index in [1.807, 2.05) is 12.3 Å². The number of benzene rings is 3. The van der Waals surface area contributed by atoms with Crippen LogP contribution < -0.4 is 19.6 Å². The van der Waals surface area contributed by atoms with E-state index in [1.54, 1.807) is 0 Å². The number of hydrogen-bond acceptors (Lipinski definition) is 5. The van der Waals surface area contributed by atoms with Crippen LogP contribution >= 0.6 is 0 Å². The lowest BCUT2D eigenvalue weighted by molar-refractivity contribution is 0.590. The molecule has 0 radical (unpaired) electrons. The standard InChI is InChI=1S/C33H37N5/c1-33(2,3)26-17-19-28(20-18-26)37-24-35(29-14-7-8-15-30(29)37)22-9-10-23-36-25-38(27-12-5-4-6-13-27)32-31(36)16-11-21-34-32/h4-8,11-21H,9-10,22-25H2,1-3H3. The van der Waals surface area contributed by atoms with Crippen LogP contribution in [0.3, 0.4) is 0 Å². The molecule has 0 saturated heterocycles. The van der Waals surface area contributed by atoms with Gasteiger partial charge in [-0.2, -0.15) is 0 Å². The molecule has 0 bridgehead atoms. The molecular formula is C33H37N5. The Kier molecular flexibility index (Phi) is 6.44. The summed E-state index contributed by atoms with van der Waals surface area (Å²) < 4.78 is 0. The van der Waals surface area contributed by atoms with Gasteiger partial charge in [-0.05, 0) is 72.4 Å². The number of pyridine rings is 1. The van der Waals surface area contributed by atoms with Gasteiger partial charge in [0.15, 0.2) is 5.82 Å². The Balaban J connectivity index is 1.10. The normalized spacial score (nSPS) is 14.7. The van der Waals surface area contributed by atoms with Crippen molar-refractivity contribution < 1.29 is 0 Å². The summed E-state index contributed by atoms with van der Waals surface area (Å²) in [6, 6.07) is 32.8. The van der Waals surface area contributed by atoms with Gasteiger partial charge in [0.05, 0.1) is 30.4 Å². The summed E-state index contributed by atoms with van der Waals surface area (Å²) in [6.07, 6.45) is 4.17. The van der Waals surface area contributed by atoms with Crippen molar-refractivity contribution in [3.05, 3.63) is 103 Å². The van der Waals surface area contributed by atoms with Gasteiger partial charge in [0.2, 0.25) is 0 Å². The fourth-order valence-corrected chi connectivity index (χ4v) is 5.60. The van der Waals surface area contributed by atoms with Gasteiger partial charge in [-0.3, -0.25) is 0 Å². The molecule has 2 aliphatic heterocycles. The van der Waals surface area contributed by atoms with Gasteiger partial charge in [0.1, 0.15) is 0 Å². The topological polar surface area (TPSA) is 25.9 Å². The van der Waals surface area contributed by atoms with Crippen LogP contribution in [0.4, 0.5) is 34.3 Å². The third-order valence-electron chi connectivity index (χ3n) is 7.72. The highest BCUT2D eigenvalue weighted by molar-refractivity contribution is 5.82. The van der Waals surface area contributed by atoms with Gasteiger partial charge in [0, 0.05) is 30.7 Å². The number of rotatable bonds is 7. The summed E-state index contributed by atoms with van der Waals surface area (Å²) in [5, 5.41) is 0. The maximum absolute atomic E-state index is 4.71. The second kappa shape index (κ2) is 10.1. The number of para-hydroxylation sites is 3. The molecule has 2 aliphatic rings. The lowest BCUT2D eigenvalue weighted by atomic mass is 9.87. The smallest absolute Gasteiger partial charge is 0.158 e. The maximum atomic E-state index is 4.71. The predicted molar refractivity (Wildman–Crippen MR) is 160 cm³/mol. The molecule has 0 fully saturated rings. The molecule has 6 rings (SSSR count). The van der Waals surface area contributed by atoms with Crippen LogP contribution in [0.5, 0.6) is 0 Å². The number of unbranched alkanes of at least 4 members (excludes halogenated alkanes) is 1. The van der Waals surface area contributed by atoms with Crippen molar-refractivity contribution in [2.24, 2.45) is 0 Å². The average Bonchev–Trinajstić information content (AvgIpc) is 3.50. The molecule has 5 heteroatoms. The fourth-order valence-electron chi connectivity index (χ4n) is 5.60. The summed E-state index contributed by atoms with van der Waals surface area (Å²) in [6.45, 7) is 10.6. The Labute approximate surface area is 226 Å². The zero-order valence-corrected chi connectivity index (χ0v) is 22.7. The van der Waals surface area contributed by atoms with Gasteiger partial charge in [-0.25, -0.2) is 4.98 Å². The third kappa shape index (κ3) is 4.69. The first-order valence-electron chi connectivity index (χ1n) is 13.7. The molecule has 0 spiro atoms. The first kappa shape index (κ1) is 24.4. The van der Waals surface area contributed by atoms with E-state index < -0.39 is 0 Å². The number of fused-ring (bicyclic) bond motifs is 2. The van der Waals surface area contributed by atoms with Gasteiger partial charge in [0.25, 0.3) is 0 Å². The Morgan fingerprint density at radius 3 is 1.89 bits per heavy atom. The number of aromatic nitrogens is 1. The Hall–Kier alpha value is -3.99. The zero-order chi connectivity index (χ0) is 26.1. The summed E-state index contributed by atoms with van der Waals surface area (Å²) in [7, 11) is 0. The monoisotopic (exact) mass is 503 g/mol. The molecule has 0 saturated carbocycles. The summed E-state index contributed by atoms with van der Waals surface area (Å²) in [5.74, 6) is 1.06. The molecule has 5 nitrogen and oxygen atoms in total. The van der Waals surface area contributed by atoms with Crippen LogP contribution in [0.1, 0.15) is 39.2 Å². The van der Waals surface area contributed by atoms with Crippen LogP contribution in [0.2, 0.25) is 0 Å². The van der Waals surface area contributed by atoms with E-state index in [1.165, 1.54) is 34.0 Å². The van der Waals surface area contributed by atoms with Crippen LogP contribution in [-0.4, -0.2) is 31.4 Å². The molecule has 38 heavy (non-hydrogen) atoms. The van der Waals surface area contributed by atoms with Crippen molar-refractivity contribution in [1.82, 2.24) is 4.98 Å².